The zero-order valence-electron chi connectivity index (χ0n) is 6.50. The monoisotopic (exact) mass is 197 g/mol. The van der Waals surface area contributed by atoms with E-state index in [1.807, 2.05) is 0 Å². The molecule has 0 fully saturated rings. The minimum absolute atomic E-state index is 0.172. The molecule has 2 rings (SSSR count). The summed E-state index contributed by atoms with van der Waals surface area (Å²) in [7, 11) is 0. The van der Waals surface area contributed by atoms with Crippen LogP contribution in [0.25, 0.3) is 11.1 Å². The molecule has 1 aromatic heterocycles. The standard InChI is InChI=1S/C9H5ClFNO/c10-9-8(5-12-13-9)6-2-1-3-7(11)4-6/h1-5H. The second-order valence-electron chi connectivity index (χ2n) is 2.52. The van der Waals surface area contributed by atoms with Crippen molar-refractivity contribution in [3.8, 4) is 11.1 Å². The molecule has 2 nitrogen and oxygen atoms in total. The second-order valence-corrected chi connectivity index (χ2v) is 2.87. The van der Waals surface area contributed by atoms with Gasteiger partial charge in [0.25, 0.3) is 0 Å². The van der Waals surface area contributed by atoms with Crippen LogP contribution in [0.5, 0.6) is 0 Å². The first-order valence-electron chi connectivity index (χ1n) is 3.63. The summed E-state index contributed by atoms with van der Waals surface area (Å²) in [6, 6.07) is 6.08. The smallest absolute Gasteiger partial charge is 0.233 e. The van der Waals surface area contributed by atoms with E-state index in [0.29, 0.717) is 11.1 Å². The number of hydrogen-bond acceptors (Lipinski definition) is 2. The first-order chi connectivity index (χ1) is 6.27. The molecule has 0 aliphatic carbocycles. The Morgan fingerprint density at radius 3 is 2.85 bits per heavy atom. The highest BCUT2D eigenvalue weighted by atomic mass is 35.5. The lowest BCUT2D eigenvalue weighted by atomic mass is 10.1. The van der Waals surface area contributed by atoms with Gasteiger partial charge >= 0.3 is 0 Å². The molecule has 0 saturated heterocycles. The van der Waals surface area contributed by atoms with Gasteiger partial charge in [-0.3, -0.25) is 0 Å². The van der Waals surface area contributed by atoms with Gasteiger partial charge in [-0.2, -0.15) is 0 Å². The van der Waals surface area contributed by atoms with E-state index in [0.717, 1.165) is 0 Å². The largest absolute Gasteiger partial charge is 0.344 e. The Morgan fingerprint density at radius 2 is 2.23 bits per heavy atom. The van der Waals surface area contributed by atoms with E-state index in [-0.39, 0.29) is 11.0 Å². The summed E-state index contributed by atoms with van der Waals surface area (Å²) >= 11 is 5.68. The van der Waals surface area contributed by atoms with Crippen molar-refractivity contribution in [3.63, 3.8) is 0 Å². The first-order valence-corrected chi connectivity index (χ1v) is 4.01. The molecule has 1 aromatic carbocycles. The molecule has 13 heavy (non-hydrogen) atoms. The number of aromatic nitrogens is 1. The molecule has 0 N–H and O–H groups in total. The predicted octanol–water partition coefficient (Wildman–Crippen LogP) is 3.13. The molecule has 4 heteroatoms. The van der Waals surface area contributed by atoms with Crippen LogP contribution in [0, 0.1) is 5.82 Å². The summed E-state index contributed by atoms with van der Waals surface area (Å²) in [5.74, 6) is -0.310. The molecule has 0 radical (unpaired) electrons. The van der Waals surface area contributed by atoms with Crippen LogP contribution in [0.4, 0.5) is 4.39 Å². The van der Waals surface area contributed by atoms with Crippen LogP contribution in [0.2, 0.25) is 5.22 Å². The Bertz CT molecular complexity index is 427. The summed E-state index contributed by atoms with van der Waals surface area (Å²) < 4.78 is 17.4. The normalized spacial score (nSPS) is 10.3. The summed E-state index contributed by atoms with van der Waals surface area (Å²) in [6.45, 7) is 0. The molecule has 66 valence electrons. The zero-order valence-corrected chi connectivity index (χ0v) is 7.25. The molecule has 2 aromatic rings. The van der Waals surface area contributed by atoms with Crippen molar-refractivity contribution in [2.24, 2.45) is 0 Å². The Hall–Kier alpha value is -1.35. The number of nitrogens with zero attached hydrogens (tertiary/aromatic N) is 1. The van der Waals surface area contributed by atoms with Crippen molar-refractivity contribution in [2.45, 2.75) is 0 Å². The molecule has 0 atom stereocenters. The van der Waals surface area contributed by atoms with E-state index < -0.39 is 0 Å². The van der Waals surface area contributed by atoms with Crippen LogP contribution in [0.1, 0.15) is 0 Å². The lowest BCUT2D eigenvalue weighted by Gasteiger charge is -1.95. The van der Waals surface area contributed by atoms with Crippen molar-refractivity contribution in [2.75, 3.05) is 0 Å². The van der Waals surface area contributed by atoms with Crippen molar-refractivity contribution in [1.29, 1.82) is 0 Å². The van der Waals surface area contributed by atoms with E-state index in [1.54, 1.807) is 12.1 Å². The van der Waals surface area contributed by atoms with Gasteiger partial charge in [-0.25, -0.2) is 4.39 Å². The fourth-order valence-electron chi connectivity index (χ4n) is 1.07. The molecule has 0 unspecified atom stereocenters. The Morgan fingerprint density at radius 1 is 1.38 bits per heavy atom. The fraction of sp³-hybridized carbons (Fsp3) is 0. The topological polar surface area (TPSA) is 26.0 Å². The summed E-state index contributed by atoms with van der Waals surface area (Å²) in [4.78, 5) is 0. The highest BCUT2D eigenvalue weighted by Gasteiger charge is 2.07. The maximum Gasteiger partial charge on any atom is 0.233 e. The van der Waals surface area contributed by atoms with E-state index in [1.165, 1.54) is 18.3 Å². The minimum atomic E-state index is -0.310. The molecular weight excluding hydrogens is 193 g/mol. The average molecular weight is 198 g/mol. The molecule has 0 aliphatic heterocycles. The third kappa shape index (κ3) is 1.55. The predicted molar refractivity (Wildman–Crippen MR) is 46.9 cm³/mol. The van der Waals surface area contributed by atoms with Crippen molar-refractivity contribution < 1.29 is 8.91 Å². The van der Waals surface area contributed by atoms with Gasteiger partial charge < -0.3 is 4.52 Å². The quantitative estimate of drug-likeness (QED) is 0.702. The van der Waals surface area contributed by atoms with E-state index in [9.17, 15) is 4.39 Å². The third-order valence-corrected chi connectivity index (χ3v) is 1.93. The van der Waals surface area contributed by atoms with Gasteiger partial charge in [0.2, 0.25) is 5.22 Å². The lowest BCUT2D eigenvalue weighted by molar-refractivity contribution is 0.422. The summed E-state index contributed by atoms with van der Waals surface area (Å²) in [5.41, 5.74) is 1.26. The summed E-state index contributed by atoms with van der Waals surface area (Å²) in [5, 5.41) is 3.67. The van der Waals surface area contributed by atoms with Crippen molar-refractivity contribution in [1.82, 2.24) is 5.16 Å². The highest BCUT2D eigenvalue weighted by Crippen LogP contribution is 2.27. The van der Waals surface area contributed by atoms with Crippen LogP contribution in [0.3, 0.4) is 0 Å². The number of rotatable bonds is 1. The molecule has 0 saturated carbocycles. The first kappa shape index (κ1) is 8.26. The fourth-order valence-corrected chi connectivity index (χ4v) is 1.27. The van der Waals surface area contributed by atoms with Gasteiger partial charge in [-0.15, -0.1) is 0 Å². The molecule has 0 spiro atoms. The van der Waals surface area contributed by atoms with Gasteiger partial charge in [0.15, 0.2) is 0 Å². The molecule has 0 aliphatic rings. The minimum Gasteiger partial charge on any atom is -0.344 e. The van der Waals surface area contributed by atoms with E-state index in [2.05, 4.69) is 9.68 Å². The molecular formula is C9H5ClFNO. The number of hydrogen-bond donors (Lipinski definition) is 0. The maximum atomic E-state index is 12.8. The highest BCUT2D eigenvalue weighted by molar-refractivity contribution is 6.31. The zero-order chi connectivity index (χ0) is 9.26. The van der Waals surface area contributed by atoms with E-state index in [4.69, 9.17) is 11.6 Å². The van der Waals surface area contributed by atoms with E-state index >= 15 is 0 Å². The Balaban J connectivity index is 2.53. The van der Waals surface area contributed by atoms with Gasteiger partial charge in [0, 0.05) is 0 Å². The Labute approximate surface area is 78.9 Å². The van der Waals surface area contributed by atoms with Gasteiger partial charge in [0.1, 0.15) is 5.82 Å². The van der Waals surface area contributed by atoms with Gasteiger partial charge in [-0.05, 0) is 29.3 Å². The van der Waals surface area contributed by atoms with Crippen LogP contribution in [-0.4, -0.2) is 5.16 Å². The number of benzene rings is 1. The SMILES string of the molecule is Fc1cccc(-c2cnoc2Cl)c1. The van der Waals surface area contributed by atoms with Crippen LogP contribution in [-0.2, 0) is 0 Å². The molecule has 0 amide bonds. The molecule has 1 heterocycles. The van der Waals surface area contributed by atoms with Crippen molar-refractivity contribution in [3.05, 3.63) is 41.5 Å². The Kier molecular flexibility index (Phi) is 2.02. The van der Waals surface area contributed by atoms with Crippen LogP contribution in [0.15, 0.2) is 35.0 Å². The van der Waals surface area contributed by atoms with Gasteiger partial charge in [-0.1, -0.05) is 17.3 Å². The average Bonchev–Trinajstić information content (AvgIpc) is 2.51. The second kappa shape index (κ2) is 3.18. The molecule has 0 bridgehead atoms. The van der Waals surface area contributed by atoms with Gasteiger partial charge in [0.05, 0.1) is 11.8 Å². The van der Waals surface area contributed by atoms with Crippen LogP contribution >= 0.6 is 11.6 Å². The lowest BCUT2D eigenvalue weighted by Crippen LogP contribution is -1.77. The summed E-state index contributed by atoms with van der Waals surface area (Å²) in [6.07, 6.45) is 1.46. The third-order valence-electron chi connectivity index (χ3n) is 1.66. The van der Waals surface area contributed by atoms with Crippen molar-refractivity contribution >= 4 is 11.6 Å². The van der Waals surface area contributed by atoms with Crippen LogP contribution < -0.4 is 0 Å². The maximum absolute atomic E-state index is 12.8. The number of halogens is 2.